The number of hydrogen-bond acceptors (Lipinski definition) is 3. The molecule has 0 amide bonds. The maximum Gasteiger partial charge on any atom is 0.176 e. The predicted molar refractivity (Wildman–Crippen MR) is 90.6 cm³/mol. The second-order valence-corrected chi connectivity index (χ2v) is 6.03. The SMILES string of the molecule is Cc1ccc(N2CCN(CC(=O)c3ccc(F)cc3)CC2)cc1. The lowest BCUT2D eigenvalue weighted by atomic mass is 10.1. The van der Waals surface area contributed by atoms with Crippen molar-refractivity contribution >= 4 is 11.5 Å². The summed E-state index contributed by atoms with van der Waals surface area (Å²) < 4.78 is 12.9. The molecular weight excluding hydrogens is 291 g/mol. The van der Waals surface area contributed by atoms with Gasteiger partial charge in [0.25, 0.3) is 0 Å². The summed E-state index contributed by atoms with van der Waals surface area (Å²) in [6.07, 6.45) is 0. The van der Waals surface area contributed by atoms with Crippen molar-refractivity contribution in [2.75, 3.05) is 37.6 Å². The lowest BCUT2D eigenvalue weighted by Crippen LogP contribution is -2.48. The van der Waals surface area contributed by atoms with Crippen LogP contribution in [-0.2, 0) is 0 Å². The number of carbonyl (C=O) groups is 1. The second kappa shape index (κ2) is 6.92. The molecule has 0 bridgehead atoms. The number of anilines is 1. The van der Waals surface area contributed by atoms with E-state index in [1.807, 2.05) is 0 Å². The van der Waals surface area contributed by atoms with Crippen LogP contribution in [0.5, 0.6) is 0 Å². The van der Waals surface area contributed by atoms with Gasteiger partial charge < -0.3 is 4.90 Å². The molecule has 1 heterocycles. The van der Waals surface area contributed by atoms with Gasteiger partial charge in [0.05, 0.1) is 6.54 Å². The molecule has 0 N–H and O–H groups in total. The molecule has 1 aliphatic heterocycles. The second-order valence-electron chi connectivity index (χ2n) is 6.03. The van der Waals surface area contributed by atoms with Gasteiger partial charge in [-0.15, -0.1) is 0 Å². The molecule has 3 rings (SSSR count). The minimum absolute atomic E-state index is 0.0498. The molecule has 2 aromatic carbocycles. The first-order chi connectivity index (χ1) is 11.1. The molecule has 4 heteroatoms. The Morgan fingerprint density at radius 1 is 0.957 bits per heavy atom. The monoisotopic (exact) mass is 312 g/mol. The van der Waals surface area contributed by atoms with Crippen molar-refractivity contribution in [3.8, 4) is 0 Å². The van der Waals surface area contributed by atoms with Gasteiger partial charge in [-0.25, -0.2) is 4.39 Å². The number of hydrogen-bond donors (Lipinski definition) is 0. The third kappa shape index (κ3) is 3.96. The van der Waals surface area contributed by atoms with Crippen LogP contribution in [-0.4, -0.2) is 43.4 Å². The summed E-state index contributed by atoms with van der Waals surface area (Å²) >= 11 is 0. The Hall–Kier alpha value is -2.20. The first-order valence-electron chi connectivity index (χ1n) is 7.94. The molecule has 3 nitrogen and oxygen atoms in total. The summed E-state index contributed by atoms with van der Waals surface area (Å²) in [4.78, 5) is 16.7. The van der Waals surface area contributed by atoms with Gasteiger partial charge in [0.2, 0.25) is 0 Å². The fourth-order valence-electron chi connectivity index (χ4n) is 2.85. The summed E-state index contributed by atoms with van der Waals surface area (Å²) in [7, 11) is 0. The van der Waals surface area contributed by atoms with Crippen molar-refractivity contribution in [3.05, 3.63) is 65.5 Å². The first-order valence-corrected chi connectivity index (χ1v) is 7.94. The van der Waals surface area contributed by atoms with Crippen LogP contribution >= 0.6 is 0 Å². The van der Waals surface area contributed by atoms with Crippen molar-refractivity contribution in [1.29, 1.82) is 0 Å². The normalized spacial score (nSPS) is 15.7. The van der Waals surface area contributed by atoms with Gasteiger partial charge in [-0.05, 0) is 43.3 Å². The highest BCUT2D eigenvalue weighted by Gasteiger charge is 2.19. The van der Waals surface area contributed by atoms with Crippen molar-refractivity contribution in [1.82, 2.24) is 4.90 Å². The first kappa shape index (κ1) is 15.7. The van der Waals surface area contributed by atoms with Crippen molar-refractivity contribution in [3.63, 3.8) is 0 Å². The molecule has 1 aliphatic rings. The van der Waals surface area contributed by atoms with E-state index in [1.54, 1.807) is 12.1 Å². The van der Waals surface area contributed by atoms with E-state index in [-0.39, 0.29) is 11.6 Å². The van der Waals surface area contributed by atoms with Gasteiger partial charge in [-0.1, -0.05) is 17.7 Å². The van der Waals surface area contributed by atoms with Crippen LogP contribution in [0.3, 0.4) is 0 Å². The van der Waals surface area contributed by atoms with E-state index in [0.29, 0.717) is 12.1 Å². The van der Waals surface area contributed by atoms with Crippen LogP contribution in [0.4, 0.5) is 10.1 Å². The standard InChI is InChI=1S/C19H21FN2O/c1-15-2-8-18(9-3-15)22-12-10-21(11-13-22)14-19(23)16-4-6-17(20)7-5-16/h2-9H,10-14H2,1H3. The fraction of sp³-hybridized carbons (Fsp3) is 0.316. The minimum Gasteiger partial charge on any atom is -0.369 e. The van der Waals surface area contributed by atoms with Gasteiger partial charge >= 0.3 is 0 Å². The zero-order valence-corrected chi connectivity index (χ0v) is 13.3. The summed E-state index contributed by atoms with van der Waals surface area (Å²) in [6, 6.07) is 14.3. The highest BCUT2D eigenvalue weighted by molar-refractivity contribution is 5.97. The Bertz CT molecular complexity index is 659. The molecule has 0 radical (unpaired) electrons. The van der Waals surface area contributed by atoms with Gasteiger partial charge in [-0.3, -0.25) is 9.69 Å². The van der Waals surface area contributed by atoms with Gasteiger partial charge in [-0.2, -0.15) is 0 Å². The van der Waals surface area contributed by atoms with E-state index in [4.69, 9.17) is 0 Å². The van der Waals surface area contributed by atoms with E-state index >= 15 is 0 Å². The maximum absolute atomic E-state index is 12.9. The molecule has 1 saturated heterocycles. The van der Waals surface area contributed by atoms with Crippen LogP contribution in [0.2, 0.25) is 0 Å². The summed E-state index contributed by atoms with van der Waals surface area (Å²) in [6.45, 7) is 6.04. The number of piperazine rings is 1. The van der Waals surface area contributed by atoms with E-state index in [2.05, 4.69) is 41.0 Å². The van der Waals surface area contributed by atoms with Crippen LogP contribution in [0.15, 0.2) is 48.5 Å². The van der Waals surface area contributed by atoms with Crippen LogP contribution in [0, 0.1) is 12.7 Å². The van der Waals surface area contributed by atoms with Crippen LogP contribution in [0.1, 0.15) is 15.9 Å². The van der Waals surface area contributed by atoms with Crippen LogP contribution < -0.4 is 4.90 Å². The van der Waals surface area contributed by atoms with Gasteiger partial charge in [0.1, 0.15) is 5.82 Å². The largest absolute Gasteiger partial charge is 0.369 e. The Morgan fingerprint density at radius 3 is 2.17 bits per heavy atom. The Kier molecular flexibility index (Phi) is 4.72. The number of halogens is 1. The topological polar surface area (TPSA) is 23.6 Å². The smallest absolute Gasteiger partial charge is 0.176 e. The fourth-order valence-corrected chi connectivity index (χ4v) is 2.85. The molecule has 1 fully saturated rings. The average Bonchev–Trinajstić information content (AvgIpc) is 2.57. The molecule has 0 unspecified atom stereocenters. The van der Waals surface area contributed by atoms with Crippen LogP contribution in [0.25, 0.3) is 0 Å². The lowest BCUT2D eigenvalue weighted by Gasteiger charge is -2.35. The number of nitrogens with zero attached hydrogens (tertiary/aromatic N) is 2. The van der Waals surface area contributed by atoms with Crippen molar-refractivity contribution in [2.24, 2.45) is 0 Å². The predicted octanol–water partition coefficient (Wildman–Crippen LogP) is 3.14. The van der Waals surface area contributed by atoms with Crippen molar-refractivity contribution in [2.45, 2.75) is 6.92 Å². The number of Topliss-reactive ketones (excluding diaryl/α,β-unsaturated/α-hetero) is 1. The molecular formula is C19H21FN2O. The van der Waals surface area contributed by atoms with Gasteiger partial charge in [0, 0.05) is 37.4 Å². The Balaban J connectivity index is 1.53. The van der Waals surface area contributed by atoms with E-state index in [0.717, 1.165) is 26.2 Å². The number of rotatable bonds is 4. The molecule has 2 aromatic rings. The number of ketones is 1. The summed E-state index contributed by atoms with van der Waals surface area (Å²) in [5.41, 5.74) is 3.07. The number of benzene rings is 2. The summed E-state index contributed by atoms with van der Waals surface area (Å²) in [5.74, 6) is -0.262. The quantitative estimate of drug-likeness (QED) is 0.810. The molecule has 0 spiro atoms. The summed E-state index contributed by atoms with van der Waals surface area (Å²) in [5, 5.41) is 0. The minimum atomic E-state index is -0.312. The van der Waals surface area contributed by atoms with Gasteiger partial charge in [0.15, 0.2) is 5.78 Å². The van der Waals surface area contributed by atoms with Crippen molar-refractivity contribution < 1.29 is 9.18 Å². The Labute approximate surface area is 136 Å². The van der Waals surface area contributed by atoms with E-state index in [9.17, 15) is 9.18 Å². The maximum atomic E-state index is 12.9. The Morgan fingerprint density at radius 2 is 1.57 bits per heavy atom. The third-order valence-corrected chi connectivity index (χ3v) is 4.30. The zero-order valence-electron chi connectivity index (χ0n) is 13.3. The molecule has 120 valence electrons. The molecule has 0 aromatic heterocycles. The molecule has 0 atom stereocenters. The molecule has 0 saturated carbocycles. The van der Waals surface area contributed by atoms with E-state index in [1.165, 1.54) is 23.4 Å². The number of carbonyl (C=O) groups excluding carboxylic acids is 1. The third-order valence-electron chi connectivity index (χ3n) is 4.30. The molecule has 0 aliphatic carbocycles. The number of aryl methyl sites for hydroxylation is 1. The lowest BCUT2D eigenvalue weighted by molar-refractivity contribution is 0.0926. The average molecular weight is 312 g/mol. The molecule has 23 heavy (non-hydrogen) atoms. The zero-order chi connectivity index (χ0) is 16.2. The van der Waals surface area contributed by atoms with E-state index < -0.39 is 0 Å². The highest BCUT2D eigenvalue weighted by atomic mass is 19.1. The highest BCUT2D eigenvalue weighted by Crippen LogP contribution is 2.17.